The van der Waals surface area contributed by atoms with E-state index >= 15 is 0 Å². The lowest BCUT2D eigenvalue weighted by atomic mass is 9.98. The second-order valence-electron chi connectivity index (χ2n) is 5.41. The van der Waals surface area contributed by atoms with Gasteiger partial charge in [0.2, 0.25) is 0 Å². The number of hydrogen-bond donors (Lipinski definition) is 0. The minimum Gasteiger partial charge on any atom is -0.426 e. The van der Waals surface area contributed by atoms with Crippen molar-refractivity contribution in [2.75, 3.05) is 0 Å². The second-order valence-corrected chi connectivity index (χ2v) is 5.41. The van der Waals surface area contributed by atoms with Crippen LogP contribution in [0.2, 0.25) is 0 Å². The molecule has 110 valence electrons. The summed E-state index contributed by atoms with van der Waals surface area (Å²) in [6.45, 7) is 11.4. The Bertz CT molecular complexity index is 758. The molecule has 0 atom stereocenters. The van der Waals surface area contributed by atoms with Crippen molar-refractivity contribution in [2.24, 2.45) is 0 Å². The average molecular weight is 283 g/mol. The van der Waals surface area contributed by atoms with Crippen LogP contribution in [0.1, 0.15) is 43.2 Å². The number of carbonyl (C=O) groups is 1. The summed E-state index contributed by atoms with van der Waals surface area (Å²) in [5.41, 5.74) is 6.08. The predicted molar refractivity (Wildman–Crippen MR) is 86.6 cm³/mol. The van der Waals surface area contributed by atoms with Crippen LogP contribution in [0.25, 0.3) is 16.5 Å². The van der Waals surface area contributed by atoms with Gasteiger partial charge < -0.3 is 4.74 Å². The van der Waals surface area contributed by atoms with Gasteiger partial charge in [-0.1, -0.05) is 6.08 Å². The highest BCUT2D eigenvalue weighted by Gasteiger charge is 2.15. The highest BCUT2D eigenvalue weighted by Crippen LogP contribution is 2.34. The van der Waals surface area contributed by atoms with Gasteiger partial charge in [-0.2, -0.15) is 0 Å². The fraction of sp³-hybridized carbons (Fsp3) is 0.333. The Morgan fingerprint density at radius 1 is 1.19 bits per heavy atom. The molecule has 1 aromatic heterocycles. The molecule has 3 heteroatoms. The van der Waals surface area contributed by atoms with Gasteiger partial charge in [0.05, 0.1) is 5.52 Å². The third kappa shape index (κ3) is 2.82. The number of ether oxygens (including phenoxy) is 1. The normalized spacial score (nSPS) is 11.8. The molecule has 0 bridgehead atoms. The zero-order chi connectivity index (χ0) is 15.7. The summed E-state index contributed by atoms with van der Waals surface area (Å²) in [5.74, 6) is 0.315. The lowest BCUT2D eigenvalue weighted by Gasteiger charge is -2.14. The molecule has 1 aromatic carbocycles. The molecular weight excluding hydrogens is 262 g/mol. The standard InChI is InChI=1S/C18H21NO2/c1-7-10(2)15-8-11(3)17-16(9-15)18(21-14(6)20)12(4)13(5)19-17/h7-9H,1-6H3/b10-7-. The Kier molecular flexibility index (Phi) is 4.12. The molecule has 0 radical (unpaired) electrons. The number of carbonyl (C=O) groups excluding carboxylic acids is 1. The van der Waals surface area contributed by atoms with Crippen LogP contribution in [0.15, 0.2) is 18.2 Å². The minimum absolute atomic E-state index is 0.309. The van der Waals surface area contributed by atoms with Crippen molar-refractivity contribution < 1.29 is 9.53 Å². The van der Waals surface area contributed by atoms with Gasteiger partial charge >= 0.3 is 5.97 Å². The van der Waals surface area contributed by atoms with Crippen LogP contribution in [0.5, 0.6) is 5.75 Å². The maximum atomic E-state index is 11.4. The summed E-state index contributed by atoms with van der Waals surface area (Å²) in [7, 11) is 0. The molecular formula is C18H21NO2. The zero-order valence-electron chi connectivity index (χ0n) is 13.5. The first kappa shape index (κ1) is 15.2. The number of rotatable bonds is 2. The molecule has 21 heavy (non-hydrogen) atoms. The van der Waals surface area contributed by atoms with Gasteiger partial charge in [-0.3, -0.25) is 9.78 Å². The van der Waals surface area contributed by atoms with Crippen LogP contribution >= 0.6 is 0 Å². The highest BCUT2D eigenvalue weighted by atomic mass is 16.5. The fourth-order valence-electron chi connectivity index (χ4n) is 2.39. The molecule has 0 saturated heterocycles. The first-order valence-electron chi connectivity index (χ1n) is 7.08. The van der Waals surface area contributed by atoms with Crippen molar-refractivity contribution in [3.63, 3.8) is 0 Å². The van der Waals surface area contributed by atoms with E-state index in [1.54, 1.807) is 0 Å². The summed E-state index contributed by atoms with van der Waals surface area (Å²) in [5, 5.41) is 0.893. The molecule has 0 aliphatic heterocycles. The average Bonchev–Trinajstić information content (AvgIpc) is 2.43. The Balaban J connectivity index is 2.87. The van der Waals surface area contributed by atoms with Crippen LogP contribution in [-0.4, -0.2) is 11.0 Å². The summed E-state index contributed by atoms with van der Waals surface area (Å²) in [6, 6.07) is 4.17. The molecule has 0 fully saturated rings. The van der Waals surface area contributed by atoms with Gasteiger partial charge in [0, 0.05) is 23.6 Å². The van der Waals surface area contributed by atoms with Gasteiger partial charge in [0.25, 0.3) is 0 Å². The van der Waals surface area contributed by atoms with Crippen LogP contribution in [0, 0.1) is 20.8 Å². The molecule has 0 aliphatic rings. The van der Waals surface area contributed by atoms with E-state index in [2.05, 4.69) is 30.1 Å². The monoisotopic (exact) mass is 283 g/mol. The van der Waals surface area contributed by atoms with Crippen molar-refractivity contribution in [1.29, 1.82) is 0 Å². The number of benzene rings is 1. The summed E-state index contributed by atoms with van der Waals surface area (Å²) >= 11 is 0. The Morgan fingerprint density at radius 2 is 1.86 bits per heavy atom. The number of nitrogens with zero attached hydrogens (tertiary/aromatic N) is 1. The largest absolute Gasteiger partial charge is 0.426 e. The first-order chi connectivity index (χ1) is 9.85. The quantitative estimate of drug-likeness (QED) is 0.761. The van der Waals surface area contributed by atoms with Crippen molar-refractivity contribution >= 4 is 22.4 Å². The SMILES string of the molecule is C/C=C(/C)c1cc(C)c2nc(C)c(C)c(OC(C)=O)c2c1. The van der Waals surface area contributed by atoms with Crippen molar-refractivity contribution in [1.82, 2.24) is 4.98 Å². The van der Waals surface area contributed by atoms with E-state index in [-0.39, 0.29) is 5.97 Å². The molecule has 0 unspecified atom stereocenters. The van der Waals surface area contributed by atoms with Gasteiger partial charge in [0.1, 0.15) is 5.75 Å². The molecule has 0 amide bonds. The number of hydrogen-bond acceptors (Lipinski definition) is 3. The van der Waals surface area contributed by atoms with Crippen LogP contribution in [0.4, 0.5) is 0 Å². The molecule has 0 N–H and O–H groups in total. The van der Waals surface area contributed by atoms with E-state index in [9.17, 15) is 4.79 Å². The number of allylic oxidation sites excluding steroid dienone is 2. The third-order valence-electron chi connectivity index (χ3n) is 3.84. The Hall–Kier alpha value is -2.16. The number of aromatic nitrogens is 1. The van der Waals surface area contributed by atoms with Gasteiger partial charge in [0.15, 0.2) is 0 Å². The number of aryl methyl sites for hydroxylation is 2. The van der Waals surface area contributed by atoms with Crippen LogP contribution < -0.4 is 4.74 Å². The lowest BCUT2D eigenvalue weighted by Crippen LogP contribution is -2.06. The van der Waals surface area contributed by atoms with E-state index in [0.717, 1.165) is 33.3 Å². The summed E-state index contributed by atoms with van der Waals surface area (Å²) < 4.78 is 5.46. The molecule has 2 rings (SSSR count). The maximum absolute atomic E-state index is 11.4. The first-order valence-corrected chi connectivity index (χ1v) is 7.08. The van der Waals surface area contributed by atoms with Gasteiger partial charge in [-0.15, -0.1) is 0 Å². The van der Waals surface area contributed by atoms with E-state index in [1.165, 1.54) is 12.5 Å². The minimum atomic E-state index is -0.309. The van der Waals surface area contributed by atoms with Gasteiger partial charge in [-0.25, -0.2) is 0 Å². The molecule has 0 aliphatic carbocycles. The zero-order valence-corrected chi connectivity index (χ0v) is 13.5. The topological polar surface area (TPSA) is 39.2 Å². The highest BCUT2D eigenvalue weighted by molar-refractivity contribution is 5.93. The molecule has 2 aromatic rings. The summed E-state index contributed by atoms with van der Waals surface area (Å²) in [4.78, 5) is 16.1. The number of fused-ring (bicyclic) bond motifs is 1. The summed E-state index contributed by atoms with van der Waals surface area (Å²) in [6.07, 6.45) is 2.07. The van der Waals surface area contributed by atoms with Crippen molar-refractivity contribution in [3.8, 4) is 5.75 Å². The van der Waals surface area contributed by atoms with E-state index < -0.39 is 0 Å². The van der Waals surface area contributed by atoms with Gasteiger partial charge in [-0.05, 0) is 63.5 Å². The van der Waals surface area contributed by atoms with Crippen molar-refractivity contribution in [2.45, 2.75) is 41.5 Å². The molecule has 0 spiro atoms. The van der Waals surface area contributed by atoms with Crippen LogP contribution in [0.3, 0.4) is 0 Å². The molecule has 3 nitrogen and oxygen atoms in total. The third-order valence-corrected chi connectivity index (χ3v) is 3.84. The molecule has 0 saturated carbocycles. The second kappa shape index (κ2) is 5.68. The maximum Gasteiger partial charge on any atom is 0.308 e. The Morgan fingerprint density at radius 3 is 2.43 bits per heavy atom. The van der Waals surface area contributed by atoms with Crippen molar-refractivity contribution in [3.05, 3.63) is 40.6 Å². The fourth-order valence-corrected chi connectivity index (χ4v) is 2.39. The Labute approximate surface area is 125 Å². The van der Waals surface area contributed by atoms with Crippen LogP contribution in [-0.2, 0) is 4.79 Å². The lowest BCUT2D eigenvalue weighted by molar-refractivity contribution is -0.131. The number of esters is 1. The predicted octanol–water partition coefficient (Wildman–Crippen LogP) is 4.51. The van der Waals surface area contributed by atoms with E-state index in [0.29, 0.717) is 5.75 Å². The smallest absolute Gasteiger partial charge is 0.308 e. The van der Waals surface area contributed by atoms with E-state index in [4.69, 9.17) is 4.74 Å². The molecule has 1 heterocycles. The van der Waals surface area contributed by atoms with E-state index in [1.807, 2.05) is 27.7 Å². The number of pyridine rings is 1.